The number of hydrogen-bond acceptors (Lipinski definition) is 5. The number of benzene rings is 1. The van der Waals surface area contributed by atoms with E-state index in [-0.39, 0.29) is 0 Å². The van der Waals surface area contributed by atoms with E-state index in [9.17, 15) is 0 Å². The van der Waals surface area contributed by atoms with E-state index in [0.29, 0.717) is 5.56 Å². The Labute approximate surface area is 104 Å². The van der Waals surface area contributed by atoms with Gasteiger partial charge in [-0.25, -0.2) is 0 Å². The molecule has 1 heterocycles. The second-order valence-corrected chi connectivity index (χ2v) is 4.61. The van der Waals surface area contributed by atoms with Crippen molar-refractivity contribution >= 4 is 11.3 Å². The molecule has 0 aliphatic rings. The van der Waals surface area contributed by atoms with E-state index in [4.69, 9.17) is 5.26 Å². The Bertz CT molecular complexity index is 524. The number of aromatic nitrogens is 2. The quantitative estimate of drug-likeness (QED) is 0.891. The van der Waals surface area contributed by atoms with Crippen molar-refractivity contribution in [2.24, 2.45) is 0 Å². The lowest BCUT2D eigenvalue weighted by molar-refractivity contribution is 0.779. The van der Waals surface area contributed by atoms with E-state index >= 15 is 0 Å². The van der Waals surface area contributed by atoms with Gasteiger partial charge in [0.25, 0.3) is 0 Å². The van der Waals surface area contributed by atoms with Gasteiger partial charge in [0.15, 0.2) is 0 Å². The first kappa shape index (κ1) is 11.7. The number of nitrogens with zero attached hydrogens (tertiary/aromatic N) is 3. The molecule has 0 fully saturated rings. The van der Waals surface area contributed by atoms with Crippen LogP contribution in [0.4, 0.5) is 0 Å². The Hall–Kier alpha value is -1.77. The fraction of sp³-hybridized carbons (Fsp3) is 0.250. The summed E-state index contributed by atoms with van der Waals surface area (Å²) in [5.41, 5.74) is 1.67. The van der Waals surface area contributed by atoms with E-state index in [1.807, 2.05) is 19.2 Å². The highest BCUT2D eigenvalue weighted by atomic mass is 32.1. The summed E-state index contributed by atoms with van der Waals surface area (Å²) in [6.07, 6.45) is 0.893. The first-order chi connectivity index (χ1) is 8.33. The van der Waals surface area contributed by atoms with Crippen LogP contribution in [0.2, 0.25) is 0 Å². The zero-order valence-electron chi connectivity index (χ0n) is 9.47. The molecule has 1 aromatic heterocycles. The summed E-state index contributed by atoms with van der Waals surface area (Å²) in [5, 5.41) is 22.0. The molecule has 0 unspecified atom stereocenters. The molecule has 0 atom stereocenters. The predicted octanol–water partition coefficient (Wildman–Crippen LogP) is 1.84. The van der Waals surface area contributed by atoms with Gasteiger partial charge in [0.2, 0.25) is 0 Å². The summed E-state index contributed by atoms with van der Waals surface area (Å²) < 4.78 is 0. The lowest BCUT2D eigenvalue weighted by Gasteiger charge is -1.94. The van der Waals surface area contributed by atoms with E-state index in [0.717, 1.165) is 28.5 Å². The normalized spacial score (nSPS) is 10.1. The summed E-state index contributed by atoms with van der Waals surface area (Å²) in [7, 11) is 1.92. The van der Waals surface area contributed by atoms with Crippen LogP contribution in [0.15, 0.2) is 24.3 Å². The molecule has 0 amide bonds. The van der Waals surface area contributed by atoms with Gasteiger partial charge in [-0.1, -0.05) is 23.5 Å². The molecule has 0 bridgehead atoms. The van der Waals surface area contributed by atoms with Crippen LogP contribution in [0.3, 0.4) is 0 Å². The highest BCUT2D eigenvalue weighted by Crippen LogP contribution is 2.23. The van der Waals surface area contributed by atoms with Crippen LogP contribution in [0.1, 0.15) is 10.6 Å². The number of nitrogens with one attached hydrogen (secondary N) is 1. The Kier molecular flexibility index (Phi) is 3.81. The maximum Gasteiger partial charge on any atom is 0.147 e. The SMILES string of the molecule is CNCCc1nnc(-c2ccc(C#N)cc2)s1. The second-order valence-electron chi connectivity index (χ2n) is 3.54. The van der Waals surface area contributed by atoms with Gasteiger partial charge in [0.1, 0.15) is 10.0 Å². The highest BCUT2D eigenvalue weighted by Gasteiger charge is 2.06. The van der Waals surface area contributed by atoms with Crippen molar-refractivity contribution in [1.82, 2.24) is 15.5 Å². The molecule has 0 aliphatic heterocycles. The second kappa shape index (κ2) is 5.53. The molecular formula is C12H12N4S. The smallest absolute Gasteiger partial charge is 0.147 e. The summed E-state index contributed by atoms with van der Waals surface area (Å²) in [6, 6.07) is 9.50. The molecule has 0 radical (unpaired) electrons. The van der Waals surface area contributed by atoms with Gasteiger partial charge in [0, 0.05) is 18.5 Å². The highest BCUT2D eigenvalue weighted by molar-refractivity contribution is 7.14. The summed E-state index contributed by atoms with van der Waals surface area (Å²) in [4.78, 5) is 0. The third-order valence-corrected chi connectivity index (χ3v) is 3.35. The Morgan fingerprint density at radius 2 is 2.06 bits per heavy atom. The van der Waals surface area contributed by atoms with E-state index < -0.39 is 0 Å². The number of nitriles is 1. The van der Waals surface area contributed by atoms with E-state index in [1.54, 1.807) is 23.5 Å². The number of hydrogen-bond donors (Lipinski definition) is 1. The monoisotopic (exact) mass is 244 g/mol. The Morgan fingerprint density at radius 3 is 2.71 bits per heavy atom. The fourth-order valence-corrected chi connectivity index (χ4v) is 2.24. The molecule has 0 spiro atoms. The lowest BCUT2D eigenvalue weighted by atomic mass is 10.2. The molecular weight excluding hydrogens is 232 g/mol. The van der Waals surface area contributed by atoms with Crippen LogP contribution in [-0.4, -0.2) is 23.8 Å². The molecule has 2 rings (SSSR count). The first-order valence-electron chi connectivity index (χ1n) is 5.31. The van der Waals surface area contributed by atoms with Gasteiger partial charge < -0.3 is 5.32 Å². The minimum atomic E-state index is 0.661. The van der Waals surface area contributed by atoms with Crippen molar-refractivity contribution in [3.05, 3.63) is 34.8 Å². The van der Waals surface area contributed by atoms with Crippen LogP contribution in [0.5, 0.6) is 0 Å². The molecule has 17 heavy (non-hydrogen) atoms. The van der Waals surface area contributed by atoms with Crippen LogP contribution in [0, 0.1) is 11.3 Å². The van der Waals surface area contributed by atoms with Crippen molar-refractivity contribution in [3.63, 3.8) is 0 Å². The summed E-state index contributed by atoms with van der Waals surface area (Å²) in [5.74, 6) is 0. The molecule has 0 saturated heterocycles. The molecule has 5 heteroatoms. The maximum atomic E-state index is 8.72. The van der Waals surface area contributed by atoms with Crippen LogP contribution in [0.25, 0.3) is 10.6 Å². The third-order valence-electron chi connectivity index (χ3n) is 2.32. The standard InChI is InChI=1S/C12H12N4S/c1-14-7-6-11-15-16-12(17-11)10-4-2-9(8-13)3-5-10/h2-5,14H,6-7H2,1H3. The number of rotatable bonds is 4. The van der Waals surface area contributed by atoms with Gasteiger partial charge in [-0.2, -0.15) is 5.26 Å². The average Bonchev–Trinajstić information content (AvgIpc) is 2.85. The zero-order valence-corrected chi connectivity index (χ0v) is 10.3. The molecule has 1 N–H and O–H groups in total. The minimum absolute atomic E-state index is 0.661. The Morgan fingerprint density at radius 1 is 1.29 bits per heavy atom. The number of likely N-dealkylation sites (N-methyl/N-ethyl adjacent to an activating group) is 1. The molecule has 0 saturated carbocycles. The molecule has 2 aromatic rings. The van der Waals surface area contributed by atoms with Gasteiger partial charge in [-0.15, -0.1) is 10.2 Å². The van der Waals surface area contributed by atoms with Gasteiger partial charge in [0.05, 0.1) is 11.6 Å². The van der Waals surface area contributed by atoms with Crippen LogP contribution >= 0.6 is 11.3 Å². The van der Waals surface area contributed by atoms with Gasteiger partial charge in [-0.05, 0) is 19.2 Å². The average molecular weight is 244 g/mol. The molecule has 1 aromatic carbocycles. The van der Waals surface area contributed by atoms with E-state index in [2.05, 4.69) is 21.6 Å². The van der Waals surface area contributed by atoms with Gasteiger partial charge >= 0.3 is 0 Å². The largest absolute Gasteiger partial charge is 0.319 e. The summed E-state index contributed by atoms with van der Waals surface area (Å²) >= 11 is 1.59. The lowest BCUT2D eigenvalue weighted by Crippen LogP contribution is -2.09. The van der Waals surface area contributed by atoms with Crippen molar-refractivity contribution in [1.29, 1.82) is 5.26 Å². The topological polar surface area (TPSA) is 61.6 Å². The van der Waals surface area contributed by atoms with E-state index in [1.165, 1.54) is 0 Å². The van der Waals surface area contributed by atoms with Gasteiger partial charge in [-0.3, -0.25) is 0 Å². The predicted molar refractivity (Wildman–Crippen MR) is 67.7 cm³/mol. The van der Waals surface area contributed by atoms with Crippen LogP contribution in [-0.2, 0) is 6.42 Å². The maximum absolute atomic E-state index is 8.72. The fourth-order valence-electron chi connectivity index (χ4n) is 1.39. The molecule has 86 valence electrons. The van der Waals surface area contributed by atoms with Crippen LogP contribution < -0.4 is 5.32 Å². The summed E-state index contributed by atoms with van der Waals surface area (Å²) in [6.45, 7) is 0.905. The van der Waals surface area contributed by atoms with Crippen molar-refractivity contribution in [3.8, 4) is 16.6 Å². The zero-order chi connectivity index (χ0) is 12.1. The van der Waals surface area contributed by atoms with Crippen molar-refractivity contribution in [2.45, 2.75) is 6.42 Å². The Balaban J connectivity index is 2.16. The third kappa shape index (κ3) is 2.87. The molecule has 4 nitrogen and oxygen atoms in total. The van der Waals surface area contributed by atoms with Crippen molar-refractivity contribution < 1.29 is 0 Å². The minimum Gasteiger partial charge on any atom is -0.319 e. The molecule has 0 aliphatic carbocycles. The first-order valence-corrected chi connectivity index (χ1v) is 6.12. The van der Waals surface area contributed by atoms with Crippen molar-refractivity contribution in [2.75, 3.05) is 13.6 Å².